The lowest BCUT2D eigenvalue weighted by Crippen LogP contribution is -2.24. The molecular formula is C23H27N3O5. The number of esters is 1. The van der Waals surface area contributed by atoms with Crippen LogP contribution >= 0.6 is 0 Å². The van der Waals surface area contributed by atoms with Gasteiger partial charge in [0.1, 0.15) is 5.75 Å². The maximum Gasteiger partial charge on any atom is 0.338 e. The van der Waals surface area contributed by atoms with Gasteiger partial charge in [0.15, 0.2) is 13.2 Å². The fraction of sp³-hybridized carbons (Fsp3) is 0.348. The summed E-state index contributed by atoms with van der Waals surface area (Å²) in [7, 11) is 0. The first-order valence-corrected chi connectivity index (χ1v) is 10.3. The second-order valence-corrected chi connectivity index (χ2v) is 7.35. The van der Waals surface area contributed by atoms with Gasteiger partial charge < -0.3 is 25.4 Å². The summed E-state index contributed by atoms with van der Waals surface area (Å²) >= 11 is 0. The number of nitrogens with zero attached hydrogens (tertiary/aromatic N) is 1. The third-order valence-electron chi connectivity index (χ3n) is 4.93. The molecule has 1 aliphatic rings. The Kier molecular flexibility index (Phi) is 7.86. The van der Waals surface area contributed by atoms with E-state index in [1.54, 1.807) is 0 Å². The van der Waals surface area contributed by atoms with Gasteiger partial charge >= 0.3 is 5.97 Å². The summed E-state index contributed by atoms with van der Waals surface area (Å²) in [4.78, 5) is 37.3. The van der Waals surface area contributed by atoms with E-state index in [0.717, 1.165) is 18.8 Å². The first kappa shape index (κ1) is 22.1. The molecule has 1 heterocycles. The van der Waals surface area contributed by atoms with E-state index in [0.29, 0.717) is 11.4 Å². The molecule has 1 aliphatic heterocycles. The molecule has 0 bridgehead atoms. The highest BCUT2D eigenvalue weighted by Crippen LogP contribution is 2.21. The molecular weight excluding hydrogens is 398 g/mol. The van der Waals surface area contributed by atoms with Crippen LogP contribution in [0.3, 0.4) is 0 Å². The molecule has 8 nitrogen and oxygen atoms in total. The van der Waals surface area contributed by atoms with Gasteiger partial charge in [-0.25, -0.2) is 4.79 Å². The lowest BCUT2D eigenvalue weighted by Gasteiger charge is -2.22. The minimum atomic E-state index is -0.631. The molecule has 8 heteroatoms. The van der Waals surface area contributed by atoms with Gasteiger partial charge in [0.25, 0.3) is 11.8 Å². The van der Waals surface area contributed by atoms with Gasteiger partial charge in [-0.15, -0.1) is 0 Å². The number of hydrogen-bond donors (Lipinski definition) is 2. The maximum atomic E-state index is 12.1. The summed E-state index contributed by atoms with van der Waals surface area (Å²) in [6, 6.07) is 13.7. The Morgan fingerprint density at radius 1 is 0.871 bits per heavy atom. The van der Waals surface area contributed by atoms with Gasteiger partial charge in [-0.1, -0.05) is 12.8 Å². The predicted octanol–water partition coefficient (Wildman–Crippen LogP) is 2.73. The number of ether oxygens (including phenoxy) is 2. The zero-order valence-corrected chi connectivity index (χ0v) is 17.3. The third-order valence-corrected chi connectivity index (χ3v) is 4.93. The highest BCUT2D eigenvalue weighted by Gasteiger charge is 2.12. The maximum absolute atomic E-state index is 12.1. The lowest BCUT2D eigenvalue weighted by molar-refractivity contribution is -0.120. The van der Waals surface area contributed by atoms with Crippen molar-refractivity contribution in [1.29, 1.82) is 0 Å². The number of benzene rings is 2. The van der Waals surface area contributed by atoms with Crippen LogP contribution in [-0.2, 0) is 14.3 Å². The van der Waals surface area contributed by atoms with Gasteiger partial charge in [-0.05, 0) is 61.4 Å². The standard InChI is InChI=1S/C23H27N3O5/c24-21(27)15-30-20-11-5-17(6-12-20)23(29)31-16-22(28)25-18-7-9-19(10-8-18)26-13-3-1-2-4-14-26/h5-12H,1-4,13-16H2,(H2,24,27)(H,25,28). The molecule has 0 radical (unpaired) electrons. The van der Waals surface area contributed by atoms with Crippen molar-refractivity contribution >= 4 is 29.2 Å². The van der Waals surface area contributed by atoms with Crippen LogP contribution in [0.15, 0.2) is 48.5 Å². The number of nitrogens with two attached hydrogens (primary N) is 1. The molecule has 2 amide bonds. The Hall–Kier alpha value is -3.55. The van der Waals surface area contributed by atoms with E-state index in [2.05, 4.69) is 10.2 Å². The molecule has 2 aromatic carbocycles. The summed E-state index contributed by atoms with van der Waals surface area (Å²) in [5, 5.41) is 2.73. The average Bonchev–Trinajstić information content (AvgIpc) is 3.06. The molecule has 31 heavy (non-hydrogen) atoms. The second kappa shape index (κ2) is 11.0. The van der Waals surface area contributed by atoms with Gasteiger partial charge in [-0.2, -0.15) is 0 Å². The van der Waals surface area contributed by atoms with Crippen LogP contribution in [0.4, 0.5) is 11.4 Å². The molecule has 0 atom stereocenters. The largest absolute Gasteiger partial charge is 0.484 e. The van der Waals surface area contributed by atoms with Crippen LogP contribution in [0.5, 0.6) is 5.75 Å². The van der Waals surface area contributed by atoms with E-state index < -0.39 is 24.4 Å². The monoisotopic (exact) mass is 425 g/mol. The second-order valence-electron chi connectivity index (χ2n) is 7.35. The molecule has 1 saturated heterocycles. The van der Waals surface area contributed by atoms with Crippen LogP contribution in [0.1, 0.15) is 36.0 Å². The summed E-state index contributed by atoms with van der Waals surface area (Å²) in [6.07, 6.45) is 4.95. The van der Waals surface area contributed by atoms with Crippen molar-refractivity contribution in [2.24, 2.45) is 5.73 Å². The van der Waals surface area contributed by atoms with Crippen molar-refractivity contribution in [3.05, 3.63) is 54.1 Å². The normalized spacial score (nSPS) is 13.7. The van der Waals surface area contributed by atoms with Crippen molar-refractivity contribution in [2.75, 3.05) is 36.5 Å². The number of primary amides is 1. The van der Waals surface area contributed by atoms with Crippen LogP contribution in [0, 0.1) is 0 Å². The van der Waals surface area contributed by atoms with E-state index >= 15 is 0 Å². The third kappa shape index (κ3) is 7.02. The van der Waals surface area contributed by atoms with E-state index in [1.165, 1.54) is 49.9 Å². The van der Waals surface area contributed by atoms with Crippen LogP contribution in [0.25, 0.3) is 0 Å². The van der Waals surface area contributed by atoms with Crippen LogP contribution in [0.2, 0.25) is 0 Å². The van der Waals surface area contributed by atoms with Crippen molar-refractivity contribution in [3.8, 4) is 5.75 Å². The van der Waals surface area contributed by atoms with Gasteiger partial charge in [0.2, 0.25) is 0 Å². The molecule has 3 N–H and O–H groups in total. The van der Waals surface area contributed by atoms with Crippen molar-refractivity contribution in [1.82, 2.24) is 0 Å². The molecule has 0 unspecified atom stereocenters. The Bertz CT molecular complexity index is 888. The SMILES string of the molecule is NC(=O)COc1ccc(C(=O)OCC(=O)Nc2ccc(N3CCCCCC3)cc2)cc1. The quantitative estimate of drug-likeness (QED) is 0.629. The molecule has 1 fully saturated rings. The molecule has 0 spiro atoms. The molecule has 2 aromatic rings. The van der Waals surface area contributed by atoms with Gasteiger partial charge in [-0.3, -0.25) is 9.59 Å². The van der Waals surface area contributed by atoms with E-state index in [4.69, 9.17) is 15.2 Å². The smallest absolute Gasteiger partial charge is 0.338 e. The minimum absolute atomic E-state index is 0.247. The van der Waals surface area contributed by atoms with E-state index in [9.17, 15) is 14.4 Å². The highest BCUT2D eigenvalue weighted by molar-refractivity contribution is 5.95. The molecule has 0 aromatic heterocycles. The van der Waals surface area contributed by atoms with Crippen molar-refractivity contribution in [3.63, 3.8) is 0 Å². The summed E-state index contributed by atoms with van der Waals surface area (Å²) in [5.74, 6) is -1.24. The lowest BCUT2D eigenvalue weighted by atomic mass is 10.2. The topological polar surface area (TPSA) is 111 Å². The van der Waals surface area contributed by atoms with Gasteiger partial charge in [0.05, 0.1) is 5.56 Å². The number of rotatable bonds is 8. The number of hydrogen-bond acceptors (Lipinski definition) is 6. The number of carbonyl (C=O) groups excluding carboxylic acids is 3. The van der Waals surface area contributed by atoms with E-state index in [-0.39, 0.29) is 12.2 Å². The molecule has 0 saturated carbocycles. The number of carbonyl (C=O) groups is 3. The zero-order chi connectivity index (χ0) is 22.1. The highest BCUT2D eigenvalue weighted by atomic mass is 16.5. The summed E-state index contributed by atoms with van der Waals surface area (Å²) in [6.45, 7) is 1.47. The van der Waals surface area contributed by atoms with Crippen molar-refractivity contribution in [2.45, 2.75) is 25.7 Å². The fourth-order valence-corrected chi connectivity index (χ4v) is 3.34. The molecule has 164 valence electrons. The predicted molar refractivity (Wildman–Crippen MR) is 117 cm³/mol. The Morgan fingerprint density at radius 3 is 2.13 bits per heavy atom. The van der Waals surface area contributed by atoms with E-state index in [1.807, 2.05) is 24.3 Å². The summed E-state index contributed by atoms with van der Waals surface area (Å²) in [5.41, 5.74) is 7.07. The number of nitrogens with one attached hydrogen (secondary N) is 1. The van der Waals surface area contributed by atoms with Gasteiger partial charge in [0, 0.05) is 24.5 Å². The van der Waals surface area contributed by atoms with Crippen molar-refractivity contribution < 1.29 is 23.9 Å². The molecule has 0 aliphatic carbocycles. The zero-order valence-electron chi connectivity index (χ0n) is 17.3. The number of anilines is 2. The molecule has 3 rings (SSSR count). The fourth-order valence-electron chi connectivity index (χ4n) is 3.34. The number of amides is 2. The first-order valence-electron chi connectivity index (χ1n) is 10.3. The first-order chi connectivity index (χ1) is 15.0. The Morgan fingerprint density at radius 2 is 1.52 bits per heavy atom. The Balaban J connectivity index is 1.45. The Labute approximate surface area is 181 Å². The van der Waals surface area contributed by atoms with Crippen LogP contribution < -0.4 is 20.7 Å². The van der Waals surface area contributed by atoms with Crippen LogP contribution in [-0.4, -0.2) is 44.1 Å². The summed E-state index contributed by atoms with van der Waals surface area (Å²) < 4.78 is 10.2. The average molecular weight is 425 g/mol. The minimum Gasteiger partial charge on any atom is -0.484 e.